The van der Waals surface area contributed by atoms with Crippen LogP contribution in [0.15, 0.2) is 10.4 Å². The zero-order valence-corrected chi connectivity index (χ0v) is 9.84. The van der Waals surface area contributed by atoms with Crippen LogP contribution in [0.1, 0.15) is 20.8 Å². The maximum Gasteiger partial charge on any atom is 0.258 e. The van der Waals surface area contributed by atoms with Gasteiger partial charge in [0.15, 0.2) is 0 Å². The lowest BCUT2D eigenvalue weighted by Crippen LogP contribution is -2.23. The first kappa shape index (κ1) is 12.8. The fraction of sp³-hybridized carbons (Fsp3) is 0.667. The standard InChI is InChI=1S/C9H16ClNOS/c1-4-11-9(12)8(5-10)13-6-7(2)3/h5,7H,4,6H2,1-3H3,(H,11,12)/b8-5-. The molecule has 0 rings (SSSR count). The lowest BCUT2D eigenvalue weighted by Gasteiger charge is -2.07. The summed E-state index contributed by atoms with van der Waals surface area (Å²) in [6, 6.07) is 0. The molecule has 0 saturated carbocycles. The number of amides is 1. The fourth-order valence-corrected chi connectivity index (χ4v) is 1.72. The molecule has 0 unspecified atom stereocenters. The molecule has 0 atom stereocenters. The van der Waals surface area contributed by atoms with Crippen LogP contribution in [-0.2, 0) is 4.79 Å². The van der Waals surface area contributed by atoms with E-state index in [4.69, 9.17) is 11.6 Å². The Kier molecular flexibility index (Phi) is 7.19. The molecule has 0 aliphatic rings. The van der Waals surface area contributed by atoms with Crippen molar-refractivity contribution in [2.24, 2.45) is 5.92 Å². The topological polar surface area (TPSA) is 29.1 Å². The Morgan fingerprint density at radius 1 is 1.62 bits per heavy atom. The van der Waals surface area contributed by atoms with E-state index >= 15 is 0 Å². The summed E-state index contributed by atoms with van der Waals surface area (Å²) in [7, 11) is 0. The van der Waals surface area contributed by atoms with E-state index in [1.54, 1.807) is 0 Å². The van der Waals surface area contributed by atoms with Gasteiger partial charge in [-0.1, -0.05) is 25.4 Å². The van der Waals surface area contributed by atoms with Crippen molar-refractivity contribution in [3.8, 4) is 0 Å². The van der Waals surface area contributed by atoms with Crippen LogP contribution in [0.2, 0.25) is 0 Å². The number of rotatable bonds is 5. The monoisotopic (exact) mass is 221 g/mol. The van der Waals surface area contributed by atoms with Crippen LogP contribution in [0.25, 0.3) is 0 Å². The van der Waals surface area contributed by atoms with Gasteiger partial charge in [0.05, 0.1) is 4.91 Å². The normalized spacial score (nSPS) is 11.9. The van der Waals surface area contributed by atoms with E-state index < -0.39 is 0 Å². The molecule has 0 heterocycles. The van der Waals surface area contributed by atoms with Gasteiger partial charge in [0.25, 0.3) is 5.91 Å². The minimum atomic E-state index is -0.0804. The third kappa shape index (κ3) is 5.99. The first-order valence-corrected chi connectivity index (χ1v) is 5.75. The SMILES string of the molecule is CCNC(=O)/C(=C/Cl)SCC(C)C. The van der Waals surface area contributed by atoms with Crippen LogP contribution in [0, 0.1) is 5.92 Å². The van der Waals surface area contributed by atoms with Gasteiger partial charge in [-0.05, 0) is 12.8 Å². The van der Waals surface area contributed by atoms with E-state index in [-0.39, 0.29) is 5.91 Å². The first-order valence-electron chi connectivity index (χ1n) is 4.33. The van der Waals surface area contributed by atoms with Gasteiger partial charge >= 0.3 is 0 Å². The van der Waals surface area contributed by atoms with Gasteiger partial charge < -0.3 is 5.32 Å². The third-order valence-corrected chi connectivity index (χ3v) is 3.03. The van der Waals surface area contributed by atoms with Crippen molar-refractivity contribution < 1.29 is 4.79 Å². The van der Waals surface area contributed by atoms with Crippen molar-refractivity contribution in [2.45, 2.75) is 20.8 Å². The average molecular weight is 222 g/mol. The lowest BCUT2D eigenvalue weighted by molar-refractivity contribution is -0.116. The van der Waals surface area contributed by atoms with Crippen LogP contribution in [-0.4, -0.2) is 18.2 Å². The third-order valence-electron chi connectivity index (χ3n) is 1.23. The summed E-state index contributed by atoms with van der Waals surface area (Å²) in [6.07, 6.45) is 0. The van der Waals surface area contributed by atoms with E-state index in [2.05, 4.69) is 19.2 Å². The van der Waals surface area contributed by atoms with Crippen molar-refractivity contribution in [3.63, 3.8) is 0 Å². The Bertz CT molecular complexity index is 192. The molecule has 0 aromatic carbocycles. The maximum atomic E-state index is 11.3. The van der Waals surface area contributed by atoms with Gasteiger partial charge in [-0.15, -0.1) is 11.8 Å². The number of carbonyl (C=O) groups excluding carboxylic acids is 1. The Balaban J connectivity index is 3.97. The highest BCUT2D eigenvalue weighted by atomic mass is 35.5. The highest BCUT2D eigenvalue weighted by Crippen LogP contribution is 2.19. The molecule has 0 bridgehead atoms. The van der Waals surface area contributed by atoms with Gasteiger partial charge in [-0.2, -0.15) is 0 Å². The number of nitrogens with one attached hydrogen (secondary N) is 1. The van der Waals surface area contributed by atoms with Crippen molar-refractivity contribution in [2.75, 3.05) is 12.3 Å². The van der Waals surface area contributed by atoms with Gasteiger partial charge in [0.2, 0.25) is 0 Å². The van der Waals surface area contributed by atoms with Crippen molar-refractivity contribution >= 4 is 29.3 Å². The summed E-state index contributed by atoms with van der Waals surface area (Å²) in [5, 5.41) is 2.71. The summed E-state index contributed by atoms with van der Waals surface area (Å²) >= 11 is 7.03. The molecule has 0 fully saturated rings. The molecule has 76 valence electrons. The molecule has 0 saturated heterocycles. The molecule has 1 N–H and O–H groups in total. The smallest absolute Gasteiger partial charge is 0.258 e. The van der Waals surface area contributed by atoms with Crippen LogP contribution >= 0.6 is 23.4 Å². The summed E-state index contributed by atoms with van der Waals surface area (Å²) in [6.45, 7) is 6.74. The Labute approximate surface area is 89.1 Å². The van der Waals surface area contributed by atoms with Crippen LogP contribution < -0.4 is 5.32 Å². The number of carbonyl (C=O) groups is 1. The summed E-state index contributed by atoms with van der Waals surface area (Å²) in [4.78, 5) is 11.9. The lowest BCUT2D eigenvalue weighted by atomic mass is 10.3. The minimum absolute atomic E-state index is 0.0804. The van der Waals surface area contributed by atoms with Gasteiger partial charge in [0.1, 0.15) is 0 Å². The van der Waals surface area contributed by atoms with Crippen molar-refractivity contribution in [1.29, 1.82) is 0 Å². The first-order chi connectivity index (χ1) is 6.11. The maximum absolute atomic E-state index is 11.3. The molecular weight excluding hydrogens is 206 g/mol. The second kappa shape index (κ2) is 7.27. The highest BCUT2D eigenvalue weighted by molar-refractivity contribution is 8.04. The van der Waals surface area contributed by atoms with Crippen molar-refractivity contribution in [3.05, 3.63) is 10.4 Å². The van der Waals surface area contributed by atoms with Gasteiger partial charge in [-0.25, -0.2) is 0 Å². The number of likely N-dealkylation sites (N-methyl/N-ethyl adjacent to an activating group) is 1. The molecule has 4 heteroatoms. The molecule has 13 heavy (non-hydrogen) atoms. The van der Waals surface area contributed by atoms with E-state index in [0.717, 1.165) is 5.75 Å². The van der Waals surface area contributed by atoms with Crippen LogP contribution in [0.5, 0.6) is 0 Å². The molecule has 0 aromatic heterocycles. The Hall–Kier alpha value is -0.150. The van der Waals surface area contributed by atoms with Gasteiger partial charge in [0, 0.05) is 17.8 Å². The predicted octanol–water partition coefficient (Wildman–Crippen LogP) is 2.59. The zero-order chi connectivity index (χ0) is 10.3. The largest absolute Gasteiger partial charge is 0.352 e. The molecule has 0 radical (unpaired) electrons. The van der Waals surface area contributed by atoms with E-state index in [1.165, 1.54) is 17.3 Å². The molecule has 1 amide bonds. The van der Waals surface area contributed by atoms with Crippen LogP contribution in [0.3, 0.4) is 0 Å². The second-order valence-corrected chi connectivity index (χ2v) is 4.32. The van der Waals surface area contributed by atoms with Crippen LogP contribution in [0.4, 0.5) is 0 Å². The van der Waals surface area contributed by atoms with E-state index in [1.807, 2.05) is 6.92 Å². The summed E-state index contributed by atoms with van der Waals surface area (Å²) in [5.41, 5.74) is 1.35. The Morgan fingerprint density at radius 3 is 2.62 bits per heavy atom. The molecular formula is C9H16ClNOS. The second-order valence-electron chi connectivity index (χ2n) is 3.04. The average Bonchev–Trinajstić information content (AvgIpc) is 2.05. The molecule has 0 spiro atoms. The molecule has 0 aliphatic heterocycles. The quantitative estimate of drug-likeness (QED) is 0.724. The highest BCUT2D eigenvalue weighted by Gasteiger charge is 2.08. The zero-order valence-electron chi connectivity index (χ0n) is 8.26. The van der Waals surface area contributed by atoms with Crippen molar-refractivity contribution in [1.82, 2.24) is 5.32 Å². The molecule has 0 aromatic rings. The van der Waals surface area contributed by atoms with Gasteiger partial charge in [-0.3, -0.25) is 4.79 Å². The number of thioether (sulfide) groups is 1. The summed E-state index contributed by atoms with van der Waals surface area (Å²) in [5.74, 6) is 1.39. The number of hydrogen-bond acceptors (Lipinski definition) is 2. The van der Waals surface area contributed by atoms with E-state index in [0.29, 0.717) is 17.4 Å². The molecule has 2 nitrogen and oxygen atoms in total. The predicted molar refractivity (Wildman–Crippen MR) is 59.9 cm³/mol. The van der Waals surface area contributed by atoms with E-state index in [9.17, 15) is 4.79 Å². The number of halogens is 1. The fourth-order valence-electron chi connectivity index (χ4n) is 0.651. The Morgan fingerprint density at radius 2 is 2.23 bits per heavy atom. The minimum Gasteiger partial charge on any atom is -0.352 e. The number of hydrogen-bond donors (Lipinski definition) is 1. The molecule has 0 aliphatic carbocycles. The summed E-state index contributed by atoms with van der Waals surface area (Å²) < 4.78 is 0.